The lowest BCUT2D eigenvalue weighted by Gasteiger charge is -2.26. The van der Waals surface area contributed by atoms with E-state index in [1.807, 2.05) is 6.92 Å². The predicted octanol–water partition coefficient (Wildman–Crippen LogP) is 3.59. The van der Waals surface area contributed by atoms with Gasteiger partial charge in [0.25, 0.3) is 11.6 Å². The van der Waals surface area contributed by atoms with Gasteiger partial charge in [-0.15, -0.1) is 0 Å². The molecule has 1 aromatic carbocycles. The topological polar surface area (TPSA) is 72.2 Å². The lowest BCUT2D eigenvalue weighted by Crippen LogP contribution is -2.37. The number of amides is 1. The number of benzene rings is 1. The largest absolute Gasteiger partial charge is 0.351 e. The molecule has 1 aromatic rings. The molecule has 1 saturated carbocycles. The number of nitro groups is 1. The zero-order valence-corrected chi connectivity index (χ0v) is 13.6. The Balaban J connectivity index is 2.13. The SMILES string of the molecule is Cc1ccc([N+](=O)[O-])c(C(=O)NCC2(CBr)CCCC2)c1. The Labute approximate surface area is 132 Å². The van der Waals surface area contributed by atoms with E-state index in [1.54, 1.807) is 12.1 Å². The number of hydrogen-bond acceptors (Lipinski definition) is 3. The van der Waals surface area contributed by atoms with Crippen LogP contribution in [-0.4, -0.2) is 22.7 Å². The summed E-state index contributed by atoms with van der Waals surface area (Å²) in [6.07, 6.45) is 4.50. The number of carbonyl (C=O) groups excluding carboxylic acids is 1. The number of rotatable bonds is 5. The van der Waals surface area contributed by atoms with Gasteiger partial charge in [0.2, 0.25) is 0 Å². The summed E-state index contributed by atoms with van der Waals surface area (Å²) in [6, 6.07) is 4.61. The Kier molecular flexibility index (Phi) is 4.98. The third kappa shape index (κ3) is 3.61. The van der Waals surface area contributed by atoms with Crippen molar-refractivity contribution in [1.29, 1.82) is 0 Å². The van der Waals surface area contributed by atoms with E-state index in [-0.39, 0.29) is 22.6 Å². The average molecular weight is 355 g/mol. The van der Waals surface area contributed by atoms with Crippen LogP contribution in [0.3, 0.4) is 0 Å². The van der Waals surface area contributed by atoms with Gasteiger partial charge >= 0.3 is 0 Å². The molecule has 1 aliphatic rings. The van der Waals surface area contributed by atoms with Gasteiger partial charge in [-0.1, -0.05) is 34.8 Å². The molecule has 0 unspecified atom stereocenters. The number of nitrogens with zero attached hydrogens (tertiary/aromatic N) is 1. The Hall–Kier alpha value is -1.43. The highest BCUT2D eigenvalue weighted by Gasteiger charge is 2.33. The lowest BCUT2D eigenvalue weighted by molar-refractivity contribution is -0.385. The molecular weight excluding hydrogens is 336 g/mol. The molecule has 1 fully saturated rings. The number of nitro benzene ring substituents is 1. The molecular formula is C15H19BrN2O3. The summed E-state index contributed by atoms with van der Waals surface area (Å²) in [7, 11) is 0. The maximum Gasteiger partial charge on any atom is 0.282 e. The van der Waals surface area contributed by atoms with Crippen molar-refractivity contribution in [2.45, 2.75) is 32.6 Å². The van der Waals surface area contributed by atoms with E-state index in [4.69, 9.17) is 0 Å². The smallest absolute Gasteiger partial charge is 0.282 e. The molecule has 0 bridgehead atoms. The number of carbonyl (C=O) groups is 1. The summed E-state index contributed by atoms with van der Waals surface area (Å²) in [5.41, 5.74) is 0.927. The van der Waals surface area contributed by atoms with Gasteiger partial charge in [-0.2, -0.15) is 0 Å². The molecule has 0 aliphatic heterocycles. The van der Waals surface area contributed by atoms with Crippen molar-refractivity contribution in [3.05, 3.63) is 39.4 Å². The molecule has 1 aliphatic carbocycles. The number of hydrogen-bond donors (Lipinski definition) is 1. The first-order valence-corrected chi connectivity index (χ1v) is 8.19. The number of alkyl halides is 1. The third-order valence-corrected chi connectivity index (χ3v) is 5.35. The fourth-order valence-electron chi connectivity index (χ4n) is 2.84. The highest BCUT2D eigenvalue weighted by atomic mass is 79.9. The van der Waals surface area contributed by atoms with E-state index in [0.29, 0.717) is 6.54 Å². The molecule has 2 rings (SSSR count). The Morgan fingerprint density at radius 3 is 2.67 bits per heavy atom. The monoisotopic (exact) mass is 354 g/mol. The maximum absolute atomic E-state index is 12.3. The van der Waals surface area contributed by atoms with Crippen molar-refractivity contribution in [1.82, 2.24) is 5.32 Å². The molecule has 21 heavy (non-hydrogen) atoms. The Morgan fingerprint density at radius 2 is 2.10 bits per heavy atom. The van der Waals surface area contributed by atoms with Crippen LogP contribution >= 0.6 is 15.9 Å². The number of aryl methyl sites for hydroxylation is 1. The second-order valence-electron chi connectivity index (χ2n) is 5.80. The van der Waals surface area contributed by atoms with Crippen molar-refractivity contribution in [2.24, 2.45) is 5.41 Å². The van der Waals surface area contributed by atoms with Gasteiger partial charge < -0.3 is 5.32 Å². The average Bonchev–Trinajstić information content (AvgIpc) is 2.94. The highest BCUT2D eigenvalue weighted by Crippen LogP contribution is 2.39. The van der Waals surface area contributed by atoms with Crippen LogP contribution in [-0.2, 0) is 0 Å². The van der Waals surface area contributed by atoms with Crippen molar-refractivity contribution in [2.75, 3.05) is 11.9 Å². The highest BCUT2D eigenvalue weighted by molar-refractivity contribution is 9.09. The molecule has 0 radical (unpaired) electrons. The van der Waals surface area contributed by atoms with Crippen LogP contribution in [0.1, 0.15) is 41.6 Å². The Bertz CT molecular complexity index is 554. The van der Waals surface area contributed by atoms with E-state index < -0.39 is 4.92 Å². The second kappa shape index (κ2) is 6.56. The molecule has 0 heterocycles. The van der Waals surface area contributed by atoms with E-state index in [9.17, 15) is 14.9 Å². The number of halogens is 1. The first-order valence-electron chi connectivity index (χ1n) is 7.07. The van der Waals surface area contributed by atoms with Gasteiger partial charge in [-0.25, -0.2) is 0 Å². The minimum absolute atomic E-state index is 0.0915. The summed E-state index contributed by atoms with van der Waals surface area (Å²) in [6.45, 7) is 2.37. The van der Waals surface area contributed by atoms with E-state index >= 15 is 0 Å². The maximum atomic E-state index is 12.3. The van der Waals surface area contributed by atoms with E-state index in [0.717, 1.165) is 23.7 Å². The van der Waals surface area contributed by atoms with Crippen molar-refractivity contribution < 1.29 is 9.72 Å². The molecule has 0 saturated heterocycles. The van der Waals surface area contributed by atoms with Gasteiger partial charge in [0, 0.05) is 17.9 Å². The predicted molar refractivity (Wildman–Crippen MR) is 84.9 cm³/mol. The molecule has 114 valence electrons. The van der Waals surface area contributed by atoms with Gasteiger partial charge in [0.1, 0.15) is 5.56 Å². The summed E-state index contributed by atoms with van der Waals surface area (Å²) in [5, 5.41) is 14.8. The van der Waals surface area contributed by atoms with Gasteiger partial charge in [0.15, 0.2) is 0 Å². The standard InChI is InChI=1S/C15H19BrN2O3/c1-11-4-5-13(18(20)21)12(8-11)14(19)17-10-15(9-16)6-2-3-7-15/h4-5,8H,2-3,6-7,9-10H2,1H3,(H,17,19). The molecule has 6 heteroatoms. The molecule has 0 spiro atoms. The first kappa shape index (κ1) is 15.9. The van der Waals surface area contributed by atoms with Crippen LogP contribution in [0.2, 0.25) is 0 Å². The molecule has 1 amide bonds. The van der Waals surface area contributed by atoms with Crippen molar-refractivity contribution in [3.63, 3.8) is 0 Å². The third-order valence-electron chi connectivity index (χ3n) is 4.17. The van der Waals surface area contributed by atoms with Crippen LogP contribution in [0.25, 0.3) is 0 Å². The summed E-state index contributed by atoms with van der Waals surface area (Å²) >= 11 is 3.53. The zero-order chi connectivity index (χ0) is 15.5. The molecule has 5 nitrogen and oxygen atoms in total. The zero-order valence-electron chi connectivity index (χ0n) is 12.0. The summed E-state index contributed by atoms with van der Waals surface area (Å²) in [5.74, 6) is -0.363. The van der Waals surface area contributed by atoms with Crippen LogP contribution in [0.4, 0.5) is 5.69 Å². The molecule has 0 atom stereocenters. The van der Waals surface area contributed by atoms with Crippen LogP contribution in [0.5, 0.6) is 0 Å². The van der Waals surface area contributed by atoms with Crippen LogP contribution < -0.4 is 5.32 Å². The second-order valence-corrected chi connectivity index (χ2v) is 6.36. The summed E-state index contributed by atoms with van der Waals surface area (Å²) < 4.78 is 0. The van der Waals surface area contributed by atoms with Crippen molar-refractivity contribution in [3.8, 4) is 0 Å². The van der Waals surface area contributed by atoms with Crippen LogP contribution in [0.15, 0.2) is 18.2 Å². The van der Waals surface area contributed by atoms with Crippen molar-refractivity contribution >= 4 is 27.5 Å². The van der Waals surface area contributed by atoms with Gasteiger partial charge in [0.05, 0.1) is 4.92 Å². The van der Waals surface area contributed by atoms with E-state index in [1.165, 1.54) is 18.9 Å². The van der Waals surface area contributed by atoms with E-state index in [2.05, 4.69) is 21.2 Å². The van der Waals surface area contributed by atoms with Gasteiger partial charge in [-0.3, -0.25) is 14.9 Å². The lowest BCUT2D eigenvalue weighted by atomic mass is 9.88. The first-order chi connectivity index (χ1) is 9.97. The Morgan fingerprint density at radius 1 is 1.43 bits per heavy atom. The minimum Gasteiger partial charge on any atom is -0.351 e. The summed E-state index contributed by atoms with van der Waals surface area (Å²) in [4.78, 5) is 22.8. The fourth-order valence-corrected chi connectivity index (χ4v) is 3.60. The normalized spacial score (nSPS) is 16.7. The molecule has 0 aromatic heterocycles. The molecule has 1 N–H and O–H groups in total. The quantitative estimate of drug-likeness (QED) is 0.498. The fraction of sp³-hybridized carbons (Fsp3) is 0.533. The number of nitrogens with one attached hydrogen (secondary N) is 1. The van der Waals surface area contributed by atoms with Gasteiger partial charge in [-0.05, 0) is 36.8 Å². The van der Waals surface area contributed by atoms with Crippen LogP contribution in [0, 0.1) is 22.5 Å². The minimum atomic E-state index is -0.510.